The molecule has 0 saturated heterocycles. The van der Waals surface area contributed by atoms with E-state index in [4.69, 9.17) is 18.9 Å². The van der Waals surface area contributed by atoms with Gasteiger partial charge >= 0.3 is 5.97 Å². The van der Waals surface area contributed by atoms with Gasteiger partial charge in [-0.1, -0.05) is 0 Å². The van der Waals surface area contributed by atoms with Crippen molar-refractivity contribution in [1.82, 2.24) is 19.9 Å². The van der Waals surface area contributed by atoms with Crippen LogP contribution in [0.25, 0.3) is 22.6 Å². The van der Waals surface area contributed by atoms with E-state index in [1.54, 1.807) is 30.3 Å². The largest absolute Gasteiger partial charge is 0.497 e. The van der Waals surface area contributed by atoms with Gasteiger partial charge in [0.25, 0.3) is 5.95 Å². The third-order valence-corrected chi connectivity index (χ3v) is 5.60. The van der Waals surface area contributed by atoms with E-state index in [1.807, 2.05) is 6.92 Å². The zero-order valence-corrected chi connectivity index (χ0v) is 21.6. The van der Waals surface area contributed by atoms with E-state index in [-0.39, 0.29) is 29.4 Å². The summed E-state index contributed by atoms with van der Waals surface area (Å²) in [7, 11) is 4.17. The second kappa shape index (κ2) is 12.1. The summed E-state index contributed by atoms with van der Waals surface area (Å²) in [5, 5.41) is 2.85. The first-order valence-electron chi connectivity index (χ1n) is 11.7. The lowest BCUT2D eigenvalue weighted by Gasteiger charge is -2.13. The number of hydrogen-bond acceptors (Lipinski definition) is 10. The molecule has 3 aromatic heterocycles. The van der Waals surface area contributed by atoms with E-state index < -0.39 is 23.3 Å². The molecule has 0 spiro atoms. The molecule has 0 aliphatic carbocycles. The molecule has 0 saturated carbocycles. The molecule has 4 aromatic rings. The first-order valence-corrected chi connectivity index (χ1v) is 11.7. The molecule has 0 atom stereocenters. The van der Waals surface area contributed by atoms with Gasteiger partial charge in [0.1, 0.15) is 22.9 Å². The van der Waals surface area contributed by atoms with Crippen LogP contribution in [0.15, 0.2) is 48.8 Å². The highest BCUT2D eigenvalue weighted by molar-refractivity contribution is 5.92. The van der Waals surface area contributed by atoms with Crippen LogP contribution < -0.4 is 19.5 Å². The van der Waals surface area contributed by atoms with Crippen molar-refractivity contribution < 1.29 is 32.5 Å². The van der Waals surface area contributed by atoms with Crippen LogP contribution >= 0.6 is 0 Å². The molecule has 202 valence electrons. The average Bonchev–Trinajstić information content (AvgIpc) is 2.96. The van der Waals surface area contributed by atoms with Gasteiger partial charge < -0.3 is 24.3 Å². The van der Waals surface area contributed by atoms with Crippen molar-refractivity contribution in [3.05, 3.63) is 71.7 Å². The summed E-state index contributed by atoms with van der Waals surface area (Å²) >= 11 is 0. The maximum atomic E-state index is 15.4. The molecule has 12 heteroatoms. The van der Waals surface area contributed by atoms with Crippen molar-refractivity contribution in [3.63, 3.8) is 0 Å². The fourth-order valence-corrected chi connectivity index (χ4v) is 3.65. The standard InChI is InChI=1S/C27H25F2N5O5/c1-5-39-22-9-7-15(12-30-22)19-11-18(27(35)38-4)23(28)24(33-19)20-14-32-26(25(29)34-20)31-13-16-6-8-17(36-2)10-21(16)37-3/h6-12,14H,5,13H2,1-4H3,(H,31,32). The van der Waals surface area contributed by atoms with Crippen molar-refractivity contribution >= 4 is 11.8 Å². The molecular formula is C27H25F2N5O5. The van der Waals surface area contributed by atoms with E-state index in [9.17, 15) is 9.18 Å². The van der Waals surface area contributed by atoms with E-state index >= 15 is 4.39 Å². The highest BCUT2D eigenvalue weighted by Crippen LogP contribution is 2.29. The Labute approximate surface area is 223 Å². The smallest absolute Gasteiger partial charge is 0.341 e. The Morgan fingerprint density at radius 2 is 1.77 bits per heavy atom. The normalized spacial score (nSPS) is 10.6. The van der Waals surface area contributed by atoms with E-state index in [0.717, 1.165) is 18.9 Å². The van der Waals surface area contributed by atoms with Crippen molar-refractivity contribution in [1.29, 1.82) is 0 Å². The van der Waals surface area contributed by atoms with Crippen LogP contribution in [0, 0.1) is 11.8 Å². The van der Waals surface area contributed by atoms with Crippen LogP contribution in [-0.4, -0.2) is 53.8 Å². The third kappa shape index (κ3) is 6.00. The van der Waals surface area contributed by atoms with Crippen molar-refractivity contribution in [2.75, 3.05) is 33.3 Å². The molecule has 0 bridgehead atoms. The number of hydrogen-bond donors (Lipinski definition) is 1. The van der Waals surface area contributed by atoms with Crippen molar-refractivity contribution in [3.8, 4) is 40.0 Å². The molecule has 39 heavy (non-hydrogen) atoms. The molecule has 0 radical (unpaired) electrons. The number of esters is 1. The number of methoxy groups -OCH3 is 3. The molecule has 1 aromatic carbocycles. The van der Waals surface area contributed by atoms with Gasteiger partial charge in [0.2, 0.25) is 5.88 Å². The number of nitrogens with one attached hydrogen (secondary N) is 1. The molecule has 3 heterocycles. The number of carbonyl (C=O) groups is 1. The summed E-state index contributed by atoms with van der Waals surface area (Å²) < 4.78 is 51.0. The van der Waals surface area contributed by atoms with Crippen LogP contribution in [0.2, 0.25) is 0 Å². The van der Waals surface area contributed by atoms with Gasteiger partial charge in [0, 0.05) is 36.0 Å². The molecule has 10 nitrogen and oxygen atoms in total. The maximum Gasteiger partial charge on any atom is 0.341 e. The van der Waals surface area contributed by atoms with Gasteiger partial charge in [0.05, 0.1) is 45.4 Å². The summed E-state index contributed by atoms with van der Waals surface area (Å²) in [6.07, 6.45) is 2.62. The van der Waals surface area contributed by atoms with E-state index in [1.165, 1.54) is 26.5 Å². The number of benzene rings is 1. The number of ether oxygens (including phenoxy) is 4. The third-order valence-electron chi connectivity index (χ3n) is 5.60. The van der Waals surface area contributed by atoms with Crippen molar-refractivity contribution in [2.24, 2.45) is 0 Å². The quantitative estimate of drug-likeness (QED) is 0.285. The lowest BCUT2D eigenvalue weighted by atomic mass is 10.1. The Balaban J connectivity index is 1.66. The molecule has 1 N–H and O–H groups in total. The van der Waals surface area contributed by atoms with Gasteiger partial charge in [-0.3, -0.25) is 0 Å². The first kappa shape index (κ1) is 27.2. The monoisotopic (exact) mass is 537 g/mol. The molecule has 0 fully saturated rings. The van der Waals surface area contributed by atoms with Gasteiger partial charge in [-0.2, -0.15) is 4.39 Å². The van der Waals surface area contributed by atoms with Crippen molar-refractivity contribution in [2.45, 2.75) is 13.5 Å². The number of anilines is 1. The fourth-order valence-electron chi connectivity index (χ4n) is 3.65. The zero-order valence-electron chi connectivity index (χ0n) is 21.6. The Morgan fingerprint density at radius 1 is 0.949 bits per heavy atom. The number of pyridine rings is 2. The molecular weight excluding hydrogens is 512 g/mol. The topological polar surface area (TPSA) is 118 Å². The Bertz CT molecular complexity index is 1480. The molecule has 0 aliphatic rings. The van der Waals surface area contributed by atoms with Gasteiger partial charge in [-0.25, -0.2) is 29.1 Å². The highest BCUT2D eigenvalue weighted by Gasteiger charge is 2.23. The van der Waals surface area contributed by atoms with Gasteiger partial charge in [-0.15, -0.1) is 0 Å². The fraction of sp³-hybridized carbons (Fsp3) is 0.222. The molecule has 0 amide bonds. The summed E-state index contributed by atoms with van der Waals surface area (Å²) in [6.45, 7) is 2.42. The molecule has 0 unspecified atom stereocenters. The number of rotatable bonds is 10. The van der Waals surface area contributed by atoms with Crippen LogP contribution in [0.3, 0.4) is 0 Å². The lowest BCUT2D eigenvalue weighted by molar-refractivity contribution is 0.0595. The molecule has 0 aliphatic heterocycles. The number of halogens is 2. The Hall–Kier alpha value is -4.87. The van der Waals surface area contributed by atoms with Crippen LogP contribution in [0.4, 0.5) is 14.6 Å². The molecule has 4 rings (SSSR count). The van der Waals surface area contributed by atoms with Gasteiger partial charge in [0.15, 0.2) is 11.6 Å². The summed E-state index contributed by atoms with van der Waals surface area (Å²) in [4.78, 5) is 28.7. The number of nitrogens with zero attached hydrogens (tertiary/aromatic N) is 4. The minimum absolute atomic E-state index is 0.164. The first-order chi connectivity index (χ1) is 18.9. The van der Waals surface area contributed by atoms with E-state index in [0.29, 0.717) is 29.5 Å². The van der Waals surface area contributed by atoms with Crippen LogP contribution in [-0.2, 0) is 11.3 Å². The second-order valence-corrected chi connectivity index (χ2v) is 7.95. The average molecular weight is 538 g/mol. The van der Waals surface area contributed by atoms with Gasteiger partial charge in [-0.05, 0) is 31.2 Å². The SMILES string of the molecule is CCOc1ccc(-c2cc(C(=O)OC)c(F)c(-c3cnc(NCc4ccc(OC)cc4OC)c(F)n3)n2)cn1. The Morgan fingerprint density at radius 3 is 2.41 bits per heavy atom. The summed E-state index contributed by atoms with van der Waals surface area (Å²) in [5.74, 6) is -1.59. The second-order valence-electron chi connectivity index (χ2n) is 7.95. The van der Waals surface area contributed by atoms with Crippen LogP contribution in [0.5, 0.6) is 17.4 Å². The lowest BCUT2D eigenvalue weighted by Crippen LogP contribution is -2.10. The Kier molecular flexibility index (Phi) is 8.44. The summed E-state index contributed by atoms with van der Waals surface area (Å²) in [6, 6.07) is 9.69. The highest BCUT2D eigenvalue weighted by atomic mass is 19.1. The predicted octanol–water partition coefficient (Wildman–Crippen LogP) is 4.69. The predicted molar refractivity (Wildman–Crippen MR) is 138 cm³/mol. The van der Waals surface area contributed by atoms with E-state index in [2.05, 4.69) is 25.3 Å². The minimum Gasteiger partial charge on any atom is -0.497 e. The van der Waals surface area contributed by atoms with Crippen LogP contribution in [0.1, 0.15) is 22.8 Å². The summed E-state index contributed by atoms with van der Waals surface area (Å²) in [5.41, 5.74) is 0.376. The minimum atomic E-state index is -1.03. The number of aromatic nitrogens is 4. The zero-order chi connectivity index (χ0) is 27.9. The maximum absolute atomic E-state index is 15.4. The number of carbonyl (C=O) groups excluding carboxylic acids is 1.